The number of benzene rings is 1. The summed E-state index contributed by atoms with van der Waals surface area (Å²) in [6, 6.07) is 9.80. The molecule has 1 aromatic rings. The standard InChI is InChI=1S/C13H18BrNS/c1-10(2)15-7-8-16-9-13(15)11-5-3-4-6-12(11)14/h3-6,10,13H,7-9H2,1-2H3. The third-order valence-corrected chi connectivity index (χ3v) is 4.84. The van der Waals surface area contributed by atoms with Crippen LogP contribution in [0.4, 0.5) is 0 Å². The van der Waals surface area contributed by atoms with E-state index in [2.05, 4.69) is 70.7 Å². The van der Waals surface area contributed by atoms with Crippen molar-refractivity contribution < 1.29 is 0 Å². The van der Waals surface area contributed by atoms with E-state index in [1.165, 1.54) is 28.1 Å². The van der Waals surface area contributed by atoms with Crippen molar-refractivity contribution in [1.82, 2.24) is 4.90 Å². The first kappa shape index (κ1) is 12.5. The van der Waals surface area contributed by atoms with E-state index < -0.39 is 0 Å². The highest BCUT2D eigenvalue weighted by Crippen LogP contribution is 2.34. The summed E-state index contributed by atoms with van der Waals surface area (Å²) in [5.41, 5.74) is 1.43. The summed E-state index contributed by atoms with van der Waals surface area (Å²) in [4.78, 5) is 2.61. The van der Waals surface area contributed by atoms with Gasteiger partial charge < -0.3 is 0 Å². The molecule has 0 saturated carbocycles. The molecule has 1 aromatic carbocycles. The average Bonchev–Trinajstić information content (AvgIpc) is 2.29. The molecule has 1 nitrogen and oxygen atoms in total. The number of hydrogen-bond acceptors (Lipinski definition) is 2. The fourth-order valence-electron chi connectivity index (χ4n) is 2.25. The van der Waals surface area contributed by atoms with E-state index in [0.717, 1.165) is 0 Å². The minimum Gasteiger partial charge on any atom is -0.292 e. The van der Waals surface area contributed by atoms with Crippen molar-refractivity contribution in [3.8, 4) is 0 Å². The summed E-state index contributed by atoms with van der Waals surface area (Å²) in [5.74, 6) is 2.47. The van der Waals surface area contributed by atoms with Crippen LogP contribution in [-0.2, 0) is 0 Å². The first-order chi connectivity index (χ1) is 7.70. The Kier molecular flexibility index (Phi) is 4.34. The van der Waals surface area contributed by atoms with Gasteiger partial charge in [0, 0.05) is 34.6 Å². The molecule has 0 aliphatic carbocycles. The molecule has 0 bridgehead atoms. The van der Waals surface area contributed by atoms with Crippen LogP contribution < -0.4 is 0 Å². The molecule has 1 unspecified atom stereocenters. The molecule has 1 heterocycles. The Morgan fingerprint density at radius 2 is 2.12 bits per heavy atom. The number of thioether (sulfide) groups is 1. The van der Waals surface area contributed by atoms with Gasteiger partial charge in [-0.25, -0.2) is 0 Å². The Bertz CT molecular complexity index is 354. The van der Waals surface area contributed by atoms with Crippen LogP contribution in [0, 0.1) is 0 Å². The Morgan fingerprint density at radius 3 is 2.81 bits per heavy atom. The van der Waals surface area contributed by atoms with Crippen LogP contribution in [0.1, 0.15) is 25.5 Å². The fourth-order valence-corrected chi connectivity index (χ4v) is 3.90. The molecule has 0 radical (unpaired) electrons. The monoisotopic (exact) mass is 299 g/mol. The van der Waals surface area contributed by atoms with E-state index in [9.17, 15) is 0 Å². The molecule has 1 saturated heterocycles. The molecule has 0 spiro atoms. The highest BCUT2D eigenvalue weighted by Gasteiger charge is 2.27. The maximum atomic E-state index is 3.67. The molecule has 16 heavy (non-hydrogen) atoms. The summed E-state index contributed by atoms with van der Waals surface area (Å²) in [5, 5.41) is 0. The zero-order chi connectivity index (χ0) is 11.5. The Labute approximate surface area is 111 Å². The van der Waals surface area contributed by atoms with Crippen LogP contribution in [-0.4, -0.2) is 29.0 Å². The van der Waals surface area contributed by atoms with Gasteiger partial charge in [0.25, 0.3) is 0 Å². The molecule has 3 heteroatoms. The minimum atomic E-state index is 0.564. The summed E-state index contributed by atoms with van der Waals surface area (Å²) in [6.45, 7) is 5.79. The first-order valence-corrected chi connectivity index (χ1v) is 7.73. The largest absolute Gasteiger partial charge is 0.292 e. The maximum Gasteiger partial charge on any atom is 0.0452 e. The normalized spacial score (nSPS) is 22.6. The highest BCUT2D eigenvalue weighted by atomic mass is 79.9. The van der Waals surface area contributed by atoms with Crippen molar-refractivity contribution in [2.75, 3.05) is 18.1 Å². The van der Waals surface area contributed by atoms with Crippen LogP contribution in [0.15, 0.2) is 28.7 Å². The zero-order valence-electron chi connectivity index (χ0n) is 9.82. The van der Waals surface area contributed by atoms with Crippen molar-refractivity contribution in [2.24, 2.45) is 0 Å². The summed E-state index contributed by atoms with van der Waals surface area (Å²) >= 11 is 5.74. The summed E-state index contributed by atoms with van der Waals surface area (Å²) in [7, 11) is 0. The fraction of sp³-hybridized carbons (Fsp3) is 0.538. The second-order valence-corrected chi connectivity index (χ2v) is 6.45. The summed E-state index contributed by atoms with van der Waals surface area (Å²) < 4.78 is 1.24. The van der Waals surface area contributed by atoms with Crippen molar-refractivity contribution in [1.29, 1.82) is 0 Å². The first-order valence-electron chi connectivity index (χ1n) is 5.78. The minimum absolute atomic E-state index is 0.564. The van der Waals surface area contributed by atoms with Gasteiger partial charge in [0.1, 0.15) is 0 Å². The van der Waals surface area contributed by atoms with Gasteiger partial charge in [-0.3, -0.25) is 4.90 Å². The van der Waals surface area contributed by atoms with E-state index in [4.69, 9.17) is 0 Å². The van der Waals surface area contributed by atoms with Crippen LogP contribution in [0.3, 0.4) is 0 Å². The predicted molar refractivity (Wildman–Crippen MR) is 76.1 cm³/mol. The molecular formula is C13H18BrNS. The number of hydrogen-bond donors (Lipinski definition) is 0. The third-order valence-electron chi connectivity index (χ3n) is 3.10. The van der Waals surface area contributed by atoms with E-state index in [1.54, 1.807) is 0 Å². The van der Waals surface area contributed by atoms with Gasteiger partial charge in [-0.05, 0) is 25.5 Å². The van der Waals surface area contributed by atoms with E-state index in [-0.39, 0.29) is 0 Å². The number of rotatable bonds is 2. The SMILES string of the molecule is CC(C)N1CCSCC1c1ccccc1Br. The lowest BCUT2D eigenvalue weighted by Gasteiger charge is -2.39. The smallest absolute Gasteiger partial charge is 0.0452 e. The second kappa shape index (κ2) is 5.56. The summed E-state index contributed by atoms with van der Waals surface area (Å²) in [6.07, 6.45) is 0. The molecule has 0 N–H and O–H groups in total. The second-order valence-electron chi connectivity index (χ2n) is 4.44. The average molecular weight is 300 g/mol. The van der Waals surface area contributed by atoms with E-state index in [1.807, 2.05) is 0 Å². The Morgan fingerprint density at radius 1 is 1.38 bits per heavy atom. The maximum absolute atomic E-state index is 3.67. The molecule has 1 aliphatic rings. The van der Waals surface area contributed by atoms with E-state index >= 15 is 0 Å². The van der Waals surface area contributed by atoms with Gasteiger partial charge in [0.05, 0.1) is 0 Å². The number of nitrogens with zero attached hydrogens (tertiary/aromatic N) is 1. The Hall–Kier alpha value is 0.01000. The highest BCUT2D eigenvalue weighted by molar-refractivity contribution is 9.10. The molecule has 1 fully saturated rings. The number of halogens is 1. The van der Waals surface area contributed by atoms with Crippen molar-refractivity contribution in [3.05, 3.63) is 34.3 Å². The van der Waals surface area contributed by atoms with Gasteiger partial charge in [-0.1, -0.05) is 34.1 Å². The van der Waals surface area contributed by atoms with Gasteiger partial charge in [0.2, 0.25) is 0 Å². The predicted octanol–water partition coefficient (Wildman–Crippen LogP) is 3.95. The van der Waals surface area contributed by atoms with Crippen LogP contribution >= 0.6 is 27.7 Å². The lowest BCUT2D eigenvalue weighted by Crippen LogP contribution is -2.40. The topological polar surface area (TPSA) is 3.24 Å². The zero-order valence-corrected chi connectivity index (χ0v) is 12.2. The molecule has 88 valence electrons. The van der Waals surface area contributed by atoms with Crippen LogP contribution in [0.5, 0.6) is 0 Å². The molecular weight excluding hydrogens is 282 g/mol. The van der Waals surface area contributed by atoms with Gasteiger partial charge in [0.15, 0.2) is 0 Å². The lowest BCUT2D eigenvalue weighted by atomic mass is 10.1. The molecule has 2 rings (SSSR count). The van der Waals surface area contributed by atoms with Crippen LogP contribution in [0.2, 0.25) is 0 Å². The Balaban J connectivity index is 2.27. The third kappa shape index (κ3) is 2.63. The van der Waals surface area contributed by atoms with E-state index in [0.29, 0.717) is 12.1 Å². The molecule has 1 atom stereocenters. The lowest BCUT2D eigenvalue weighted by molar-refractivity contribution is 0.173. The van der Waals surface area contributed by atoms with Crippen LogP contribution in [0.25, 0.3) is 0 Å². The molecule has 0 aromatic heterocycles. The van der Waals surface area contributed by atoms with Crippen molar-refractivity contribution in [2.45, 2.75) is 25.9 Å². The van der Waals surface area contributed by atoms with Gasteiger partial charge in [-0.15, -0.1) is 0 Å². The molecule has 0 amide bonds. The quantitative estimate of drug-likeness (QED) is 0.813. The van der Waals surface area contributed by atoms with Gasteiger partial charge in [-0.2, -0.15) is 11.8 Å². The van der Waals surface area contributed by atoms with Crippen molar-refractivity contribution >= 4 is 27.7 Å². The van der Waals surface area contributed by atoms with Gasteiger partial charge >= 0.3 is 0 Å². The molecule has 1 aliphatic heterocycles. The van der Waals surface area contributed by atoms with Crippen molar-refractivity contribution in [3.63, 3.8) is 0 Å².